The molecule has 0 aliphatic carbocycles. The molecule has 0 spiro atoms. The molecule has 0 fully saturated rings. The van der Waals surface area contributed by atoms with Gasteiger partial charge >= 0.3 is 5.69 Å². The number of anilines is 1. The van der Waals surface area contributed by atoms with E-state index in [0.717, 1.165) is 37.8 Å². The second-order valence-electron chi connectivity index (χ2n) is 8.62. The summed E-state index contributed by atoms with van der Waals surface area (Å²) in [5.41, 5.74) is 9.28. The summed E-state index contributed by atoms with van der Waals surface area (Å²) < 4.78 is 1.64. The van der Waals surface area contributed by atoms with Gasteiger partial charge in [-0.05, 0) is 38.3 Å². The van der Waals surface area contributed by atoms with Crippen molar-refractivity contribution < 1.29 is 0 Å². The number of aromatic amines is 1. The summed E-state index contributed by atoms with van der Waals surface area (Å²) in [5, 5.41) is 3.48. The highest BCUT2D eigenvalue weighted by molar-refractivity contribution is 5.81. The zero-order valence-corrected chi connectivity index (χ0v) is 17.9. The molecule has 2 heterocycles. The van der Waals surface area contributed by atoms with Gasteiger partial charge < -0.3 is 16.0 Å². The van der Waals surface area contributed by atoms with E-state index < -0.39 is 0 Å². The van der Waals surface area contributed by atoms with Gasteiger partial charge in [0.15, 0.2) is 11.5 Å². The molecular weight excluding hydrogens is 364 g/mol. The predicted octanol–water partition coefficient (Wildman–Crippen LogP) is 3.37. The molecule has 156 valence electrons. The SMILES string of the molecule is CCCCCc1nc(N)c2[nH]c(=O)n(Cc3ccc(CNC(C)(C)C)cc3)c2n1. The van der Waals surface area contributed by atoms with E-state index >= 15 is 0 Å². The summed E-state index contributed by atoms with van der Waals surface area (Å²) >= 11 is 0. The topological polar surface area (TPSA) is 102 Å². The molecule has 3 aromatic rings. The van der Waals surface area contributed by atoms with Crippen LogP contribution in [-0.2, 0) is 19.5 Å². The van der Waals surface area contributed by atoms with Gasteiger partial charge in [-0.15, -0.1) is 0 Å². The number of fused-ring (bicyclic) bond motifs is 1. The molecule has 4 N–H and O–H groups in total. The number of aromatic nitrogens is 4. The van der Waals surface area contributed by atoms with Gasteiger partial charge in [-0.2, -0.15) is 0 Å². The van der Waals surface area contributed by atoms with E-state index in [0.29, 0.717) is 29.4 Å². The first-order valence-electron chi connectivity index (χ1n) is 10.3. The molecule has 29 heavy (non-hydrogen) atoms. The Morgan fingerprint density at radius 1 is 1.10 bits per heavy atom. The number of hydrogen-bond acceptors (Lipinski definition) is 5. The number of H-pyrrole nitrogens is 1. The fourth-order valence-electron chi connectivity index (χ4n) is 3.20. The highest BCUT2D eigenvalue weighted by Crippen LogP contribution is 2.17. The van der Waals surface area contributed by atoms with Crippen molar-refractivity contribution in [2.45, 2.75) is 72.0 Å². The molecule has 3 rings (SSSR count). The molecule has 7 heteroatoms. The Labute approximate surface area is 171 Å². The highest BCUT2D eigenvalue weighted by atomic mass is 16.1. The number of hydrogen-bond donors (Lipinski definition) is 3. The standard InChI is InChI=1S/C22H32N6O/c1-5-6-7-8-17-25-19(23)18-20(26-17)28(21(29)27-18)14-16-11-9-15(10-12-16)13-24-22(2,3)4/h9-12,24H,5-8,13-14H2,1-4H3,(H,27,29)(H2,23,25,26). The van der Waals surface area contributed by atoms with Crippen molar-refractivity contribution in [1.29, 1.82) is 0 Å². The largest absolute Gasteiger partial charge is 0.382 e. The second-order valence-corrected chi connectivity index (χ2v) is 8.62. The van der Waals surface area contributed by atoms with Crippen LogP contribution in [0, 0.1) is 0 Å². The molecule has 0 saturated heterocycles. The number of imidazole rings is 1. The maximum Gasteiger partial charge on any atom is 0.328 e. The van der Waals surface area contributed by atoms with Crippen LogP contribution in [0.1, 0.15) is 63.9 Å². The van der Waals surface area contributed by atoms with Gasteiger partial charge in [0, 0.05) is 18.5 Å². The van der Waals surface area contributed by atoms with Gasteiger partial charge in [0.05, 0.1) is 6.54 Å². The molecule has 0 aliphatic rings. The van der Waals surface area contributed by atoms with Crippen molar-refractivity contribution in [1.82, 2.24) is 24.8 Å². The van der Waals surface area contributed by atoms with Gasteiger partial charge in [-0.25, -0.2) is 14.8 Å². The Kier molecular flexibility index (Phi) is 6.37. The minimum Gasteiger partial charge on any atom is -0.382 e. The predicted molar refractivity (Wildman–Crippen MR) is 118 cm³/mol. The van der Waals surface area contributed by atoms with Crippen LogP contribution in [0.2, 0.25) is 0 Å². The number of nitrogen functional groups attached to an aromatic ring is 1. The number of aryl methyl sites for hydroxylation is 1. The lowest BCUT2D eigenvalue weighted by molar-refractivity contribution is 0.424. The molecule has 1 aromatic carbocycles. The molecule has 0 unspecified atom stereocenters. The van der Waals surface area contributed by atoms with E-state index in [-0.39, 0.29) is 11.2 Å². The van der Waals surface area contributed by atoms with Crippen molar-refractivity contribution >= 4 is 17.0 Å². The van der Waals surface area contributed by atoms with Crippen LogP contribution in [0.3, 0.4) is 0 Å². The average molecular weight is 397 g/mol. The van der Waals surface area contributed by atoms with Gasteiger partial charge in [0.1, 0.15) is 11.3 Å². The summed E-state index contributed by atoms with van der Waals surface area (Å²) in [6.07, 6.45) is 4.04. The first kappa shape index (κ1) is 21.0. The third-order valence-corrected chi connectivity index (χ3v) is 4.89. The molecule has 0 radical (unpaired) electrons. The summed E-state index contributed by atoms with van der Waals surface area (Å²) in [6, 6.07) is 8.29. The van der Waals surface area contributed by atoms with Crippen LogP contribution < -0.4 is 16.7 Å². The number of nitrogens with zero attached hydrogens (tertiary/aromatic N) is 3. The average Bonchev–Trinajstić information content (AvgIpc) is 2.97. The molecule has 0 atom stereocenters. The zero-order chi connectivity index (χ0) is 21.0. The summed E-state index contributed by atoms with van der Waals surface area (Å²) in [6.45, 7) is 9.85. The molecule has 0 bridgehead atoms. The molecule has 0 saturated carbocycles. The van der Waals surface area contributed by atoms with Crippen LogP contribution >= 0.6 is 0 Å². The fraction of sp³-hybridized carbons (Fsp3) is 0.500. The summed E-state index contributed by atoms with van der Waals surface area (Å²) in [4.78, 5) is 24.3. The lowest BCUT2D eigenvalue weighted by atomic mass is 10.1. The second kappa shape index (κ2) is 8.78. The van der Waals surface area contributed by atoms with Crippen LogP contribution in [0.5, 0.6) is 0 Å². The number of nitrogens with two attached hydrogens (primary N) is 1. The quantitative estimate of drug-likeness (QED) is 0.507. The Balaban J connectivity index is 1.82. The minimum absolute atomic E-state index is 0.0739. The molecule has 7 nitrogen and oxygen atoms in total. The fourth-order valence-corrected chi connectivity index (χ4v) is 3.20. The van der Waals surface area contributed by atoms with E-state index in [1.807, 2.05) is 0 Å². The highest BCUT2D eigenvalue weighted by Gasteiger charge is 2.14. The van der Waals surface area contributed by atoms with Gasteiger partial charge in [-0.1, -0.05) is 44.0 Å². The summed E-state index contributed by atoms with van der Waals surface area (Å²) in [5.74, 6) is 1.03. The van der Waals surface area contributed by atoms with Crippen LogP contribution in [0.25, 0.3) is 11.2 Å². The van der Waals surface area contributed by atoms with Crippen molar-refractivity contribution in [2.24, 2.45) is 0 Å². The van der Waals surface area contributed by atoms with E-state index in [1.54, 1.807) is 4.57 Å². The maximum atomic E-state index is 12.5. The third-order valence-electron chi connectivity index (χ3n) is 4.89. The Hall–Kier alpha value is -2.67. The lowest BCUT2D eigenvalue weighted by Gasteiger charge is -2.20. The van der Waals surface area contributed by atoms with Crippen molar-refractivity contribution in [3.63, 3.8) is 0 Å². The first-order chi connectivity index (χ1) is 13.8. The number of unbranched alkanes of at least 4 members (excludes halogenated alkanes) is 2. The van der Waals surface area contributed by atoms with Crippen molar-refractivity contribution in [2.75, 3.05) is 5.73 Å². The van der Waals surface area contributed by atoms with Crippen molar-refractivity contribution in [3.05, 3.63) is 51.7 Å². The van der Waals surface area contributed by atoms with E-state index in [1.165, 1.54) is 5.56 Å². The van der Waals surface area contributed by atoms with E-state index in [9.17, 15) is 4.79 Å². The summed E-state index contributed by atoms with van der Waals surface area (Å²) in [7, 11) is 0. The van der Waals surface area contributed by atoms with E-state index in [2.05, 4.69) is 72.2 Å². The van der Waals surface area contributed by atoms with Crippen LogP contribution in [-0.4, -0.2) is 25.1 Å². The number of nitrogens with one attached hydrogen (secondary N) is 2. The Bertz CT molecular complexity index is 1010. The monoisotopic (exact) mass is 396 g/mol. The van der Waals surface area contributed by atoms with Crippen LogP contribution in [0.15, 0.2) is 29.1 Å². The third kappa shape index (κ3) is 5.44. The molecular formula is C22H32N6O. The van der Waals surface area contributed by atoms with Gasteiger partial charge in [0.2, 0.25) is 0 Å². The normalized spacial score (nSPS) is 12.0. The van der Waals surface area contributed by atoms with Gasteiger partial charge in [0.25, 0.3) is 0 Å². The number of rotatable bonds is 8. The number of benzene rings is 1. The zero-order valence-electron chi connectivity index (χ0n) is 17.9. The molecule has 0 aliphatic heterocycles. The lowest BCUT2D eigenvalue weighted by Crippen LogP contribution is -2.35. The van der Waals surface area contributed by atoms with Gasteiger partial charge in [-0.3, -0.25) is 4.57 Å². The maximum absolute atomic E-state index is 12.5. The van der Waals surface area contributed by atoms with Crippen molar-refractivity contribution in [3.8, 4) is 0 Å². The minimum atomic E-state index is -0.217. The molecule has 2 aromatic heterocycles. The smallest absolute Gasteiger partial charge is 0.328 e. The Morgan fingerprint density at radius 3 is 2.45 bits per heavy atom. The van der Waals surface area contributed by atoms with E-state index in [4.69, 9.17) is 5.73 Å². The van der Waals surface area contributed by atoms with Crippen LogP contribution in [0.4, 0.5) is 5.82 Å². The Morgan fingerprint density at radius 2 is 1.79 bits per heavy atom. The first-order valence-corrected chi connectivity index (χ1v) is 10.3. The molecule has 0 amide bonds.